The highest BCUT2D eigenvalue weighted by atomic mass is 14.9. The number of piperidine rings is 1. The molecule has 4 atom stereocenters. The van der Waals surface area contributed by atoms with E-state index in [1.54, 1.807) is 0 Å². The van der Waals surface area contributed by atoms with Gasteiger partial charge in [-0.25, -0.2) is 0 Å². The van der Waals surface area contributed by atoms with Gasteiger partial charge in [-0.05, 0) is 73.8 Å². The molecule has 1 spiro atoms. The summed E-state index contributed by atoms with van der Waals surface area (Å²) in [7, 11) is 0. The SMILES string of the molecule is CC(C)CC1CNCCC12CC(C)CCC2C(C)C. The Balaban J connectivity index is 2.25. The van der Waals surface area contributed by atoms with Crippen molar-refractivity contribution in [2.75, 3.05) is 13.1 Å². The Hall–Kier alpha value is -0.0400. The lowest BCUT2D eigenvalue weighted by atomic mass is 9.51. The van der Waals surface area contributed by atoms with E-state index in [4.69, 9.17) is 0 Å². The minimum absolute atomic E-state index is 0.654. The van der Waals surface area contributed by atoms with E-state index >= 15 is 0 Å². The zero-order chi connectivity index (χ0) is 14.0. The molecule has 0 aromatic carbocycles. The van der Waals surface area contributed by atoms with E-state index in [9.17, 15) is 0 Å². The second-order valence-corrected chi connectivity index (χ2v) is 8.25. The Morgan fingerprint density at radius 3 is 2.53 bits per heavy atom. The zero-order valence-electron chi connectivity index (χ0n) is 13.8. The molecule has 1 heterocycles. The van der Waals surface area contributed by atoms with Crippen LogP contribution in [0.2, 0.25) is 0 Å². The molecule has 1 saturated heterocycles. The molecular formula is C18H35N. The van der Waals surface area contributed by atoms with Crippen molar-refractivity contribution in [1.29, 1.82) is 0 Å². The molecule has 1 heteroatoms. The maximum Gasteiger partial charge on any atom is -0.00150 e. The fourth-order valence-corrected chi connectivity index (χ4v) is 5.30. The van der Waals surface area contributed by atoms with Crippen LogP contribution in [-0.2, 0) is 0 Å². The Bertz CT molecular complexity index is 283. The topological polar surface area (TPSA) is 12.0 Å². The summed E-state index contributed by atoms with van der Waals surface area (Å²) in [6, 6.07) is 0. The van der Waals surface area contributed by atoms with Crippen molar-refractivity contribution in [2.24, 2.45) is 35.0 Å². The first kappa shape index (κ1) is 15.4. The highest BCUT2D eigenvalue weighted by Gasteiger charge is 2.49. The summed E-state index contributed by atoms with van der Waals surface area (Å²) in [5.41, 5.74) is 0.654. The van der Waals surface area contributed by atoms with Crippen LogP contribution >= 0.6 is 0 Å². The molecule has 1 N–H and O–H groups in total. The molecule has 0 bridgehead atoms. The number of rotatable bonds is 3. The molecule has 19 heavy (non-hydrogen) atoms. The van der Waals surface area contributed by atoms with Crippen LogP contribution in [0, 0.1) is 35.0 Å². The van der Waals surface area contributed by atoms with Gasteiger partial charge in [0, 0.05) is 0 Å². The summed E-state index contributed by atoms with van der Waals surface area (Å²) in [5, 5.41) is 3.69. The minimum atomic E-state index is 0.654. The molecule has 0 aromatic rings. The lowest BCUT2D eigenvalue weighted by molar-refractivity contribution is -0.0508. The smallest absolute Gasteiger partial charge is 0.00150 e. The van der Waals surface area contributed by atoms with E-state index in [1.807, 2.05) is 0 Å². The quantitative estimate of drug-likeness (QED) is 0.778. The van der Waals surface area contributed by atoms with Gasteiger partial charge in [-0.15, -0.1) is 0 Å². The standard InChI is InChI=1S/C18H35N/c1-13(2)10-16-12-19-9-8-18(16)11-15(5)6-7-17(18)14(3)4/h13-17,19H,6-12H2,1-5H3. The van der Waals surface area contributed by atoms with E-state index in [-0.39, 0.29) is 0 Å². The molecule has 2 fully saturated rings. The van der Waals surface area contributed by atoms with Crippen LogP contribution in [-0.4, -0.2) is 13.1 Å². The van der Waals surface area contributed by atoms with Gasteiger partial charge in [0.2, 0.25) is 0 Å². The molecular weight excluding hydrogens is 230 g/mol. The molecule has 0 aromatic heterocycles. The maximum atomic E-state index is 3.69. The van der Waals surface area contributed by atoms with Gasteiger partial charge in [0.15, 0.2) is 0 Å². The van der Waals surface area contributed by atoms with Gasteiger partial charge in [-0.2, -0.15) is 0 Å². The summed E-state index contributed by atoms with van der Waals surface area (Å²) in [5.74, 6) is 4.53. The van der Waals surface area contributed by atoms with Gasteiger partial charge in [0.25, 0.3) is 0 Å². The van der Waals surface area contributed by atoms with Crippen molar-refractivity contribution in [3.05, 3.63) is 0 Å². The Kier molecular flexibility index (Phi) is 4.98. The van der Waals surface area contributed by atoms with Crippen LogP contribution in [0.1, 0.15) is 66.7 Å². The van der Waals surface area contributed by atoms with Crippen molar-refractivity contribution in [1.82, 2.24) is 5.32 Å². The van der Waals surface area contributed by atoms with Crippen LogP contribution in [0.3, 0.4) is 0 Å². The van der Waals surface area contributed by atoms with Gasteiger partial charge in [0.05, 0.1) is 0 Å². The maximum absolute atomic E-state index is 3.69. The van der Waals surface area contributed by atoms with Crippen molar-refractivity contribution in [3.8, 4) is 0 Å². The predicted molar refractivity (Wildman–Crippen MR) is 84.2 cm³/mol. The summed E-state index contributed by atoms with van der Waals surface area (Å²) in [6.45, 7) is 14.8. The average molecular weight is 265 g/mol. The molecule has 4 unspecified atom stereocenters. The van der Waals surface area contributed by atoms with Gasteiger partial charge >= 0.3 is 0 Å². The highest BCUT2D eigenvalue weighted by Crippen LogP contribution is 2.55. The van der Waals surface area contributed by atoms with Crippen LogP contribution in [0.5, 0.6) is 0 Å². The largest absolute Gasteiger partial charge is 0.316 e. The molecule has 1 saturated carbocycles. The average Bonchev–Trinajstić information content (AvgIpc) is 2.31. The summed E-state index contributed by atoms with van der Waals surface area (Å²) >= 11 is 0. The van der Waals surface area contributed by atoms with E-state index < -0.39 is 0 Å². The fourth-order valence-electron chi connectivity index (χ4n) is 5.30. The van der Waals surface area contributed by atoms with Gasteiger partial charge < -0.3 is 5.32 Å². The summed E-state index contributed by atoms with van der Waals surface area (Å²) < 4.78 is 0. The summed E-state index contributed by atoms with van der Waals surface area (Å²) in [4.78, 5) is 0. The first-order valence-corrected chi connectivity index (χ1v) is 8.66. The molecule has 1 aliphatic carbocycles. The van der Waals surface area contributed by atoms with Crippen molar-refractivity contribution in [2.45, 2.75) is 66.7 Å². The monoisotopic (exact) mass is 265 g/mol. The second kappa shape index (κ2) is 6.16. The lowest BCUT2D eigenvalue weighted by Gasteiger charge is -2.55. The molecule has 1 nitrogen and oxygen atoms in total. The third kappa shape index (κ3) is 3.17. The van der Waals surface area contributed by atoms with Crippen molar-refractivity contribution >= 4 is 0 Å². The molecule has 2 aliphatic rings. The zero-order valence-corrected chi connectivity index (χ0v) is 13.8. The van der Waals surface area contributed by atoms with Gasteiger partial charge in [-0.1, -0.05) is 41.0 Å². The Labute approximate surface area is 120 Å². The van der Waals surface area contributed by atoms with Crippen molar-refractivity contribution < 1.29 is 0 Å². The van der Waals surface area contributed by atoms with E-state index in [0.29, 0.717) is 5.41 Å². The number of nitrogens with one attached hydrogen (secondary N) is 1. The molecule has 1 aliphatic heterocycles. The molecule has 2 rings (SSSR count). The van der Waals surface area contributed by atoms with E-state index in [2.05, 4.69) is 39.9 Å². The molecule has 0 amide bonds. The molecule has 0 radical (unpaired) electrons. The second-order valence-electron chi connectivity index (χ2n) is 8.25. The Morgan fingerprint density at radius 2 is 1.89 bits per heavy atom. The first-order valence-electron chi connectivity index (χ1n) is 8.66. The third-order valence-corrected chi connectivity index (χ3v) is 5.97. The van der Waals surface area contributed by atoms with Crippen LogP contribution in [0.25, 0.3) is 0 Å². The van der Waals surface area contributed by atoms with Gasteiger partial charge in [-0.3, -0.25) is 0 Å². The minimum Gasteiger partial charge on any atom is -0.316 e. The molecule has 112 valence electrons. The van der Waals surface area contributed by atoms with Crippen molar-refractivity contribution in [3.63, 3.8) is 0 Å². The van der Waals surface area contributed by atoms with E-state index in [1.165, 1.54) is 45.2 Å². The summed E-state index contributed by atoms with van der Waals surface area (Å²) in [6.07, 6.45) is 7.29. The lowest BCUT2D eigenvalue weighted by Crippen LogP contribution is -2.53. The Morgan fingerprint density at radius 1 is 1.16 bits per heavy atom. The van der Waals surface area contributed by atoms with Crippen LogP contribution in [0.4, 0.5) is 0 Å². The fraction of sp³-hybridized carbons (Fsp3) is 1.00. The number of hydrogen-bond acceptors (Lipinski definition) is 1. The normalized spacial score (nSPS) is 40.3. The van der Waals surface area contributed by atoms with Gasteiger partial charge in [0.1, 0.15) is 0 Å². The van der Waals surface area contributed by atoms with Crippen LogP contribution < -0.4 is 5.32 Å². The highest BCUT2D eigenvalue weighted by molar-refractivity contribution is 5.00. The van der Waals surface area contributed by atoms with Crippen LogP contribution in [0.15, 0.2) is 0 Å². The number of hydrogen-bond donors (Lipinski definition) is 1. The van der Waals surface area contributed by atoms with E-state index in [0.717, 1.165) is 29.6 Å². The first-order chi connectivity index (χ1) is 8.95. The third-order valence-electron chi connectivity index (χ3n) is 5.97. The predicted octanol–water partition coefficient (Wildman–Crippen LogP) is 4.72.